The summed E-state index contributed by atoms with van der Waals surface area (Å²) in [6.45, 7) is 5.42. The van der Waals surface area contributed by atoms with Crippen molar-refractivity contribution in [2.75, 3.05) is 32.7 Å². The van der Waals surface area contributed by atoms with Crippen LogP contribution in [0.3, 0.4) is 0 Å². The molecule has 0 aromatic carbocycles. The lowest BCUT2D eigenvalue weighted by molar-refractivity contribution is 0.0328. The molecule has 0 saturated heterocycles. The van der Waals surface area contributed by atoms with E-state index in [4.69, 9.17) is 19.4 Å². The molecule has 2 heterocycles. The molecule has 0 radical (unpaired) electrons. The maximum atomic E-state index is 5.37. The van der Waals surface area contributed by atoms with Gasteiger partial charge >= 0.3 is 0 Å². The molecule has 7 nitrogen and oxygen atoms in total. The average Bonchev–Trinajstić information content (AvgIpc) is 3.08. The van der Waals surface area contributed by atoms with Crippen LogP contribution in [0.4, 0.5) is 5.82 Å². The van der Waals surface area contributed by atoms with Crippen LogP contribution in [0.5, 0.6) is 0 Å². The van der Waals surface area contributed by atoms with E-state index in [1.165, 1.54) is 0 Å². The van der Waals surface area contributed by atoms with Crippen LogP contribution in [-0.2, 0) is 16.0 Å². The van der Waals surface area contributed by atoms with Crippen LogP contribution in [0.1, 0.15) is 18.7 Å². The Morgan fingerprint density at radius 1 is 1.42 bits per heavy atom. The van der Waals surface area contributed by atoms with Gasteiger partial charge in [0.1, 0.15) is 10.6 Å². The zero-order valence-corrected chi connectivity index (χ0v) is 16.0. The van der Waals surface area contributed by atoms with E-state index in [1.54, 1.807) is 31.8 Å². The van der Waals surface area contributed by atoms with Crippen molar-refractivity contribution in [3.05, 3.63) is 29.7 Å². The number of aliphatic imine (C=N–C) groups is 1. The van der Waals surface area contributed by atoms with Crippen LogP contribution in [0.25, 0.3) is 10.2 Å². The zero-order valence-electron chi connectivity index (χ0n) is 15.2. The van der Waals surface area contributed by atoms with Crippen LogP contribution >= 0.6 is 11.3 Å². The Morgan fingerprint density at radius 2 is 2.27 bits per heavy atom. The molecule has 2 aromatic heterocycles. The third-order valence-corrected chi connectivity index (χ3v) is 5.26. The molecule has 1 aliphatic rings. The van der Waals surface area contributed by atoms with Crippen molar-refractivity contribution in [3.8, 4) is 0 Å². The molecule has 2 aromatic rings. The van der Waals surface area contributed by atoms with Crippen LogP contribution in [-0.4, -0.2) is 61.1 Å². The molecular weight excluding hydrogens is 350 g/mol. The average molecular weight is 375 g/mol. The predicted octanol–water partition coefficient (Wildman–Crippen LogP) is 2.90. The van der Waals surface area contributed by atoms with Crippen molar-refractivity contribution in [1.29, 1.82) is 0 Å². The number of aromatic nitrogens is 2. The largest absolute Gasteiger partial charge is 0.383 e. The number of thiophene rings is 1. The second-order valence-electron chi connectivity index (χ2n) is 6.24. The van der Waals surface area contributed by atoms with Gasteiger partial charge < -0.3 is 19.7 Å². The first-order chi connectivity index (χ1) is 12.7. The standard InChI is InChI=1S/C18H25N5O2S/c1-19-5-6-23(7-8-24-2)12-16-21-17(15-4-9-26-18(15)22-16)20-13-10-14(11-13)25-3/h4-6,9,13-14H,1,7-8,10-12H2,2-3H3,(H,20,21,22)/b6-5-. The highest BCUT2D eigenvalue weighted by atomic mass is 32.1. The highest BCUT2D eigenvalue weighted by molar-refractivity contribution is 7.16. The molecule has 0 bridgehead atoms. The molecule has 0 unspecified atom stereocenters. The Labute approximate surface area is 157 Å². The molecule has 140 valence electrons. The van der Waals surface area contributed by atoms with Crippen LogP contribution < -0.4 is 5.32 Å². The van der Waals surface area contributed by atoms with E-state index in [-0.39, 0.29) is 0 Å². The van der Waals surface area contributed by atoms with Crippen molar-refractivity contribution in [2.45, 2.75) is 31.5 Å². The number of nitrogens with one attached hydrogen (secondary N) is 1. The van der Waals surface area contributed by atoms with Crippen molar-refractivity contribution in [2.24, 2.45) is 4.99 Å². The number of hydrogen-bond donors (Lipinski definition) is 1. The number of methoxy groups -OCH3 is 2. The van der Waals surface area contributed by atoms with Crippen LogP contribution in [0.2, 0.25) is 0 Å². The molecular formula is C18H25N5O2S. The summed E-state index contributed by atoms with van der Waals surface area (Å²) in [4.78, 5) is 16.3. The summed E-state index contributed by atoms with van der Waals surface area (Å²) < 4.78 is 10.5. The minimum absolute atomic E-state index is 0.354. The molecule has 0 aliphatic heterocycles. The number of nitrogens with zero attached hydrogens (tertiary/aromatic N) is 4. The number of ether oxygens (including phenoxy) is 2. The fraction of sp³-hybridized carbons (Fsp3) is 0.500. The summed E-state index contributed by atoms with van der Waals surface area (Å²) in [5.74, 6) is 1.68. The smallest absolute Gasteiger partial charge is 0.151 e. The first kappa shape index (κ1) is 18.8. The molecule has 1 N–H and O–H groups in total. The van der Waals surface area contributed by atoms with E-state index >= 15 is 0 Å². The third-order valence-electron chi connectivity index (χ3n) is 4.45. The monoisotopic (exact) mass is 375 g/mol. The summed E-state index contributed by atoms with van der Waals surface area (Å²) in [6, 6.07) is 2.48. The van der Waals surface area contributed by atoms with Gasteiger partial charge in [-0.3, -0.25) is 4.99 Å². The number of rotatable bonds is 10. The minimum Gasteiger partial charge on any atom is -0.383 e. The van der Waals surface area contributed by atoms with Gasteiger partial charge in [-0.05, 0) is 31.0 Å². The van der Waals surface area contributed by atoms with Crippen LogP contribution in [0.15, 0.2) is 28.8 Å². The fourth-order valence-electron chi connectivity index (χ4n) is 2.89. The van der Waals surface area contributed by atoms with Crippen molar-refractivity contribution >= 4 is 34.1 Å². The lowest BCUT2D eigenvalue weighted by atomic mass is 9.89. The van der Waals surface area contributed by atoms with E-state index in [2.05, 4.69) is 33.4 Å². The Kier molecular flexibility index (Phi) is 6.54. The topological polar surface area (TPSA) is 71.9 Å². The normalized spacial score (nSPS) is 19.6. The SMILES string of the molecule is C=N/C=C\N(CCOC)Cc1nc(NC2CC(OC)C2)c2ccsc2n1. The molecule has 1 aliphatic carbocycles. The van der Waals surface area contributed by atoms with Crippen LogP contribution in [0, 0.1) is 0 Å². The number of fused-ring (bicyclic) bond motifs is 1. The Hall–Kier alpha value is -2.03. The maximum Gasteiger partial charge on any atom is 0.151 e. The lowest BCUT2D eigenvalue weighted by Crippen LogP contribution is -2.40. The molecule has 1 saturated carbocycles. The first-order valence-electron chi connectivity index (χ1n) is 8.62. The van der Waals surface area contributed by atoms with Crippen molar-refractivity contribution in [1.82, 2.24) is 14.9 Å². The highest BCUT2D eigenvalue weighted by Crippen LogP contribution is 2.30. The summed E-state index contributed by atoms with van der Waals surface area (Å²) >= 11 is 1.63. The van der Waals surface area contributed by atoms with Gasteiger partial charge in [0.15, 0.2) is 5.82 Å². The summed E-state index contributed by atoms with van der Waals surface area (Å²) in [5.41, 5.74) is 0. The molecule has 1 fully saturated rings. The van der Waals surface area contributed by atoms with Crippen molar-refractivity contribution in [3.63, 3.8) is 0 Å². The van der Waals surface area contributed by atoms with Gasteiger partial charge in [-0.25, -0.2) is 9.97 Å². The molecule has 3 rings (SSSR count). The Bertz CT molecular complexity index is 757. The van der Waals surface area contributed by atoms with E-state index in [1.807, 2.05) is 6.20 Å². The predicted molar refractivity (Wildman–Crippen MR) is 106 cm³/mol. The Balaban J connectivity index is 1.77. The van der Waals surface area contributed by atoms with Gasteiger partial charge in [-0.15, -0.1) is 11.3 Å². The number of anilines is 1. The van der Waals surface area contributed by atoms with E-state index in [9.17, 15) is 0 Å². The van der Waals surface area contributed by atoms with Gasteiger partial charge in [-0.2, -0.15) is 0 Å². The molecule has 0 atom stereocenters. The molecule has 0 amide bonds. The van der Waals surface area contributed by atoms with Gasteiger partial charge in [0.05, 0.1) is 24.6 Å². The zero-order chi connectivity index (χ0) is 18.4. The summed E-state index contributed by atoms with van der Waals surface area (Å²) in [5, 5.41) is 6.69. The minimum atomic E-state index is 0.354. The quantitative estimate of drug-likeness (QED) is 0.644. The highest BCUT2D eigenvalue weighted by Gasteiger charge is 2.29. The fourth-order valence-corrected chi connectivity index (χ4v) is 3.67. The summed E-state index contributed by atoms with van der Waals surface area (Å²) in [6.07, 6.45) is 5.92. The van der Waals surface area contributed by atoms with E-state index in [0.717, 1.165) is 41.2 Å². The van der Waals surface area contributed by atoms with Gasteiger partial charge in [-0.1, -0.05) is 0 Å². The molecule has 26 heavy (non-hydrogen) atoms. The second-order valence-corrected chi connectivity index (χ2v) is 7.14. The van der Waals surface area contributed by atoms with E-state index in [0.29, 0.717) is 25.3 Å². The van der Waals surface area contributed by atoms with Gasteiger partial charge in [0, 0.05) is 39.2 Å². The van der Waals surface area contributed by atoms with Gasteiger partial charge in [0.25, 0.3) is 0 Å². The van der Waals surface area contributed by atoms with E-state index < -0.39 is 0 Å². The molecule has 0 spiro atoms. The Morgan fingerprint density at radius 3 is 3.00 bits per heavy atom. The third kappa shape index (κ3) is 4.57. The maximum absolute atomic E-state index is 5.37. The lowest BCUT2D eigenvalue weighted by Gasteiger charge is -2.35. The summed E-state index contributed by atoms with van der Waals surface area (Å²) in [7, 11) is 3.46. The first-order valence-corrected chi connectivity index (χ1v) is 9.50. The number of hydrogen-bond acceptors (Lipinski definition) is 8. The van der Waals surface area contributed by atoms with Crippen molar-refractivity contribution < 1.29 is 9.47 Å². The van der Waals surface area contributed by atoms with Gasteiger partial charge in [0.2, 0.25) is 0 Å². The molecule has 8 heteroatoms. The second kappa shape index (κ2) is 9.07.